The normalized spacial score (nSPS) is 10.5. The number of aromatic nitrogens is 2. The highest BCUT2D eigenvalue weighted by molar-refractivity contribution is 9.10. The van der Waals surface area contributed by atoms with Crippen LogP contribution in [-0.2, 0) is 6.54 Å². The van der Waals surface area contributed by atoms with Crippen LogP contribution in [0.1, 0.15) is 15.9 Å². The van der Waals surface area contributed by atoms with E-state index in [0.717, 1.165) is 5.56 Å². The first-order chi connectivity index (χ1) is 8.16. The smallest absolute Gasteiger partial charge is 0.255 e. The zero-order chi connectivity index (χ0) is 12.3. The fraction of sp³-hybridized carbons (Fsp3) is 0.273. The third kappa shape index (κ3) is 2.97. The van der Waals surface area contributed by atoms with Crippen molar-refractivity contribution in [1.82, 2.24) is 15.1 Å². The molecule has 0 bridgehead atoms. The van der Waals surface area contributed by atoms with Gasteiger partial charge >= 0.3 is 0 Å². The van der Waals surface area contributed by atoms with Gasteiger partial charge in [-0.2, -0.15) is 5.10 Å². The van der Waals surface area contributed by atoms with Crippen molar-refractivity contribution >= 4 is 21.8 Å². The Morgan fingerprint density at radius 1 is 1.65 bits per heavy atom. The number of hydrogen-bond acceptors (Lipinski definition) is 3. The van der Waals surface area contributed by atoms with Gasteiger partial charge in [0.2, 0.25) is 0 Å². The average Bonchev–Trinajstić information content (AvgIpc) is 2.87. The Hall–Kier alpha value is -1.56. The van der Waals surface area contributed by atoms with Crippen molar-refractivity contribution in [2.24, 2.45) is 0 Å². The molecule has 0 fully saturated rings. The summed E-state index contributed by atoms with van der Waals surface area (Å²) in [6.45, 7) is 3.15. The molecule has 1 amide bonds. The zero-order valence-electron chi connectivity index (χ0n) is 9.31. The highest BCUT2D eigenvalue weighted by Crippen LogP contribution is 2.16. The molecule has 0 aliphatic carbocycles. The highest BCUT2D eigenvalue weighted by atomic mass is 79.9. The van der Waals surface area contributed by atoms with Crippen molar-refractivity contribution in [2.45, 2.75) is 13.5 Å². The highest BCUT2D eigenvalue weighted by Gasteiger charge is 2.11. The zero-order valence-corrected chi connectivity index (χ0v) is 10.9. The second-order valence-corrected chi connectivity index (χ2v) is 4.36. The standard InChI is InChI=1S/C11H12BrN3O2/c1-8-6-14-15(7-8)4-3-13-11(16)9-2-5-17-10(9)12/h2,5-7H,3-4H2,1H3,(H,13,16). The van der Waals surface area contributed by atoms with Gasteiger partial charge in [-0.15, -0.1) is 0 Å². The molecule has 17 heavy (non-hydrogen) atoms. The molecule has 0 aromatic carbocycles. The molecule has 1 N–H and O–H groups in total. The lowest BCUT2D eigenvalue weighted by Gasteiger charge is -2.04. The fourth-order valence-electron chi connectivity index (χ4n) is 1.42. The van der Waals surface area contributed by atoms with Gasteiger partial charge in [0, 0.05) is 12.7 Å². The average molecular weight is 298 g/mol. The Morgan fingerprint density at radius 2 is 2.47 bits per heavy atom. The maximum atomic E-state index is 11.7. The Morgan fingerprint density at radius 3 is 3.06 bits per heavy atom. The first-order valence-corrected chi connectivity index (χ1v) is 5.96. The van der Waals surface area contributed by atoms with Crippen molar-refractivity contribution in [1.29, 1.82) is 0 Å². The molecule has 0 aliphatic heterocycles. The first-order valence-electron chi connectivity index (χ1n) is 5.17. The maximum Gasteiger partial charge on any atom is 0.255 e. The molecule has 0 atom stereocenters. The molecule has 2 aromatic heterocycles. The number of hydrogen-bond donors (Lipinski definition) is 1. The van der Waals surface area contributed by atoms with E-state index in [1.165, 1.54) is 6.26 Å². The van der Waals surface area contributed by atoms with E-state index in [2.05, 4.69) is 26.3 Å². The van der Waals surface area contributed by atoms with Crippen LogP contribution >= 0.6 is 15.9 Å². The molecular weight excluding hydrogens is 286 g/mol. The lowest BCUT2D eigenvalue weighted by Crippen LogP contribution is -2.27. The summed E-state index contributed by atoms with van der Waals surface area (Å²) in [7, 11) is 0. The van der Waals surface area contributed by atoms with Crippen LogP contribution in [0.4, 0.5) is 0 Å². The molecule has 0 radical (unpaired) electrons. The Bertz CT molecular complexity index is 518. The summed E-state index contributed by atoms with van der Waals surface area (Å²) < 4.78 is 7.23. The monoisotopic (exact) mass is 297 g/mol. The summed E-state index contributed by atoms with van der Waals surface area (Å²) in [5.74, 6) is -0.158. The van der Waals surface area contributed by atoms with Crippen molar-refractivity contribution < 1.29 is 9.21 Å². The number of aryl methyl sites for hydroxylation is 1. The van der Waals surface area contributed by atoms with Gasteiger partial charge < -0.3 is 9.73 Å². The first kappa shape index (κ1) is 11.9. The van der Waals surface area contributed by atoms with Crippen LogP contribution in [0.2, 0.25) is 0 Å². The van der Waals surface area contributed by atoms with E-state index in [9.17, 15) is 4.79 Å². The van der Waals surface area contributed by atoms with Crippen LogP contribution in [0, 0.1) is 6.92 Å². The molecule has 0 spiro atoms. The molecule has 6 heteroatoms. The molecule has 2 rings (SSSR count). The lowest BCUT2D eigenvalue weighted by atomic mass is 10.3. The summed E-state index contributed by atoms with van der Waals surface area (Å²) in [4.78, 5) is 11.7. The molecule has 5 nitrogen and oxygen atoms in total. The van der Waals surface area contributed by atoms with Gasteiger partial charge in [-0.3, -0.25) is 9.48 Å². The van der Waals surface area contributed by atoms with Crippen molar-refractivity contribution in [2.75, 3.05) is 6.54 Å². The molecule has 90 valence electrons. The van der Waals surface area contributed by atoms with E-state index in [-0.39, 0.29) is 5.91 Å². The Balaban J connectivity index is 1.83. The third-order valence-electron chi connectivity index (χ3n) is 2.25. The fourth-order valence-corrected chi connectivity index (χ4v) is 1.84. The SMILES string of the molecule is Cc1cnn(CCNC(=O)c2ccoc2Br)c1. The van der Waals surface area contributed by atoms with Crippen LogP contribution in [0.15, 0.2) is 33.8 Å². The third-order valence-corrected chi connectivity index (χ3v) is 2.87. The minimum absolute atomic E-state index is 0.158. The van der Waals surface area contributed by atoms with E-state index in [0.29, 0.717) is 23.3 Å². The van der Waals surface area contributed by atoms with Crippen LogP contribution in [0.5, 0.6) is 0 Å². The number of nitrogens with one attached hydrogen (secondary N) is 1. The van der Waals surface area contributed by atoms with Crippen LogP contribution in [0.25, 0.3) is 0 Å². The molecule has 0 saturated heterocycles. The van der Waals surface area contributed by atoms with E-state index in [4.69, 9.17) is 4.42 Å². The van der Waals surface area contributed by atoms with E-state index in [1.807, 2.05) is 13.1 Å². The van der Waals surface area contributed by atoms with Gasteiger partial charge in [-0.1, -0.05) is 0 Å². The summed E-state index contributed by atoms with van der Waals surface area (Å²) in [6, 6.07) is 1.62. The van der Waals surface area contributed by atoms with Gasteiger partial charge in [0.1, 0.15) is 0 Å². The van der Waals surface area contributed by atoms with E-state index in [1.54, 1.807) is 16.9 Å². The Kier molecular flexibility index (Phi) is 3.63. The van der Waals surface area contributed by atoms with Gasteiger partial charge in [-0.05, 0) is 34.5 Å². The molecule has 0 unspecified atom stereocenters. The molecule has 0 aliphatic rings. The second-order valence-electron chi connectivity index (χ2n) is 3.64. The number of furan rings is 1. The van der Waals surface area contributed by atoms with Gasteiger partial charge in [0.25, 0.3) is 5.91 Å². The summed E-state index contributed by atoms with van der Waals surface area (Å²) in [5, 5.41) is 6.92. The topological polar surface area (TPSA) is 60.1 Å². The number of rotatable bonds is 4. The molecule has 2 aromatic rings. The van der Waals surface area contributed by atoms with Crippen molar-refractivity contribution in [3.63, 3.8) is 0 Å². The van der Waals surface area contributed by atoms with Crippen LogP contribution in [-0.4, -0.2) is 22.2 Å². The van der Waals surface area contributed by atoms with Crippen molar-refractivity contribution in [3.05, 3.63) is 40.5 Å². The molecule has 2 heterocycles. The van der Waals surface area contributed by atoms with Crippen LogP contribution in [0.3, 0.4) is 0 Å². The number of carbonyl (C=O) groups is 1. The van der Waals surface area contributed by atoms with Crippen LogP contribution < -0.4 is 5.32 Å². The van der Waals surface area contributed by atoms with Gasteiger partial charge in [0.15, 0.2) is 4.67 Å². The number of nitrogens with zero attached hydrogens (tertiary/aromatic N) is 2. The van der Waals surface area contributed by atoms with Gasteiger partial charge in [-0.25, -0.2) is 0 Å². The molecular formula is C11H12BrN3O2. The predicted octanol–water partition coefficient (Wildman–Crippen LogP) is 1.98. The summed E-state index contributed by atoms with van der Waals surface area (Å²) in [5.41, 5.74) is 1.61. The summed E-state index contributed by atoms with van der Waals surface area (Å²) >= 11 is 3.16. The minimum Gasteiger partial charge on any atom is -0.457 e. The summed E-state index contributed by atoms with van der Waals surface area (Å²) in [6.07, 6.45) is 5.18. The quantitative estimate of drug-likeness (QED) is 0.939. The molecule has 0 saturated carbocycles. The Labute approximate surface area is 107 Å². The number of carbonyl (C=O) groups excluding carboxylic acids is 1. The minimum atomic E-state index is -0.158. The largest absolute Gasteiger partial charge is 0.457 e. The number of amides is 1. The van der Waals surface area contributed by atoms with Crippen molar-refractivity contribution in [3.8, 4) is 0 Å². The van der Waals surface area contributed by atoms with E-state index < -0.39 is 0 Å². The van der Waals surface area contributed by atoms with Gasteiger partial charge in [0.05, 0.1) is 24.6 Å². The predicted molar refractivity (Wildman–Crippen MR) is 65.7 cm³/mol. The number of halogens is 1. The second kappa shape index (κ2) is 5.18. The maximum absolute atomic E-state index is 11.7. The lowest BCUT2D eigenvalue weighted by molar-refractivity contribution is 0.0950. The van der Waals surface area contributed by atoms with E-state index >= 15 is 0 Å².